The molecule has 0 aliphatic carbocycles. The minimum absolute atomic E-state index is 0.00271. The molecule has 18 heavy (non-hydrogen) atoms. The molecule has 0 atom stereocenters. The minimum Gasteiger partial charge on any atom is -0.292 e. The van der Waals surface area contributed by atoms with Crippen LogP contribution >= 0.6 is 15.9 Å². The van der Waals surface area contributed by atoms with Gasteiger partial charge in [0.25, 0.3) is 0 Å². The Labute approximate surface area is 114 Å². The van der Waals surface area contributed by atoms with Crippen LogP contribution in [0, 0.1) is 6.92 Å². The summed E-state index contributed by atoms with van der Waals surface area (Å²) in [5.41, 5.74) is 2.33. The average molecular weight is 308 g/mol. The Hall–Kier alpha value is -1.49. The number of pyridine rings is 1. The summed E-state index contributed by atoms with van der Waals surface area (Å²) in [7, 11) is 0. The number of nitrogens with zero attached hydrogens (tertiary/aromatic N) is 3. The van der Waals surface area contributed by atoms with E-state index >= 15 is 0 Å². The van der Waals surface area contributed by atoms with Gasteiger partial charge >= 0.3 is 0 Å². The Morgan fingerprint density at radius 1 is 1.50 bits per heavy atom. The molecule has 5 heteroatoms. The normalized spacial score (nSPS) is 10.6. The quantitative estimate of drug-likeness (QED) is 0.816. The van der Waals surface area contributed by atoms with Crippen molar-refractivity contribution in [1.82, 2.24) is 14.8 Å². The zero-order valence-corrected chi connectivity index (χ0v) is 11.9. The van der Waals surface area contributed by atoms with E-state index in [4.69, 9.17) is 0 Å². The predicted molar refractivity (Wildman–Crippen MR) is 72.6 cm³/mol. The SMILES string of the molecule is CCn1nc(C)cc1CC(=O)c1ncccc1Br. The number of aryl methyl sites for hydroxylation is 2. The second-order valence-electron chi connectivity index (χ2n) is 4.03. The van der Waals surface area contributed by atoms with E-state index in [0.717, 1.165) is 22.4 Å². The van der Waals surface area contributed by atoms with Crippen LogP contribution in [0.15, 0.2) is 28.9 Å². The molecule has 0 fully saturated rings. The van der Waals surface area contributed by atoms with Gasteiger partial charge in [-0.1, -0.05) is 0 Å². The van der Waals surface area contributed by atoms with Crippen LogP contribution in [0.4, 0.5) is 0 Å². The second-order valence-corrected chi connectivity index (χ2v) is 4.88. The molecule has 0 saturated heterocycles. The number of rotatable bonds is 4. The van der Waals surface area contributed by atoms with Gasteiger partial charge in [0.2, 0.25) is 0 Å². The first-order valence-electron chi connectivity index (χ1n) is 5.79. The van der Waals surface area contributed by atoms with E-state index < -0.39 is 0 Å². The van der Waals surface area contributed by atoms with Crippen molar-refractivity contribution < 1.29 is 4.79 Å². The maximum Gasteiger partial charge on any atom is 0.188 e. The van der Waals surface area contributed by atoms with Crippen LogP contribution in [0.1, 0.15) is 28.8 Å². The van der Waals surface area contributed by atoms with Crippen LogP contribution in [0.25, 0.3) is 0 Å². The van der Waals surface area contributed by atoms with Crippen molar-refractivity contribution in [2.24, 2.45) is 0 Å². The summed E-state index contributed by atoms with van der Waals surface area (Å²) in [6.07, 6.45) is 1.95. The van der Waals surface area contributed by atoms with E-state index in [1.807, 2.05) is 30.7 Å². The molecule has 94 valence electrons. The van der Waals surface area contributed by atoms with Gasteiger partial charge in [0.05, 0.1) is 12.1 Å². The number of carbonyl (C=O) groups is 1. The molecule has 2 aromatic heterocycles. The van der Waals surface area contributed by atoms with E-state index in [2.05, 4.69) is 26.0 Å². The van der Waals surface area contributed by atoms with Crippen LogP contribution in [0.5, 0.6) is 0 Å². The van der Waals surface area contributed by atoms with E-state index in [9.17, 15) is 4.79 Å². The van der Waals surface area contributed by atoms with Crippen molar-refractivity contribution in [2.45, 2.75) is 26.8 Å². The molecule has 2 aromatic rings. The van der Waals surface area contributed by atoms with Crippen LogP contribution in [-0.4, -0.2) is 20.5 Å². The summed E-state index contributed by atoms with van der Waals surface area (Å²) < 4.78 is 2.58. The van der Waals surface area contributed by atoms with Crippen molar-refractivity contribution in [2.75, 3.05) is 0 Å². The van der Waals surface area contributed by atoms with Crippen LogP contribution in [0.3, 0.4) is 0 Å². The summed E-state index contributed by atoms with van der Waals surface area (Å²) in [6, 6.07) is 5.56. The fourth-order valence-corrected chi connectivity index (χ4v) is 2.33. The molecule has 2 rings (SSSR count). The number of carbonyl (C=O) groups excluding carboxylic acids is 1. The Morgan fingerprint density at radius 2 is 2.28 bits per heavy atom. The number of hydrogen-bond acceptors (Lipinski definition) is 3. The summed E-state index contributed by atoms with van der Waals surface area (Å²) >= 11 is 3.35. The standard InChI is InChI=1S/C13H14BrN3O/c1-3-17-10(7-9(2)16-17)8-12(18)13-11(14)5-4-6-15-13/h4-7H,3,8H2,1-2H3. The highest BCUT2D eigenvalue weighted by Crippen LogP contribution is 2.16. The highest BCUT2D eigenvalue weighted by atomic mass is 79.9. The molecular formula is C13H14BrN3O. The fraction of sp³-hybridized carbons (Fsp3) is 0.308. The molecular weight excluding hydrogens is 294 g/mol. The number of halogens is 1. The summed E-state index contributed by atoms with van der Waals surface area (Å²) in [6.45, 7) is 4.70. The van der Waals surface area contributed by atoms with Crippen molar-refractivity contribution in [3.05, 3.63) is 46.0 Å². The molecule has 0 aliphatic heterocycles. The first kappa shape index (κ1) is 13.0. The molecule has 2 heterocycles. The molecule has 0 amide bonds. The topological polar surface area (TPSA) is 47.8 Å². The molecule has 0 bridgehead atoms. The van der Waals surface area contributed by atoms with Gasteiger partial charge in [0.1, 0.15) is 5.69 Å². The van der Waals surface area contributed by atoms with Gasteiger partial charge in [-0.05, 0) is 48.0 Å². The van der Waals surface area contributed by atoms with Crippen LogP contribution in [-0.2, 0) is 13.0 Å². The van der Waals surface area contributed by atoms with Gasteiger partial charge in [-0.3, -0.25) is 14.5 Å². The minimum atomic E-state index is -0.00271. The lowest BCUT2D eigenvalue weighted by Crippen LogP contribution is -2.11. The van der Waals surface area contributed by atoms with Crippen molar-refractivity contribution in [1.29, 1.82) is 0 Å². The highest BCUT2D eigenvalue weighted by Gasteiger charge is 2.15. The summed E-state index contributed by atoms with van der Waals surface area (Å²) in [5, 5.41) is 4.33. The Bertz CT molecular complexity index is 577. The van der Waals surface area contributed by atoms with Crippen molar-refractivity contribution >= 4 is 21.7 Å². The predicted octanol–water partition coefficient (Wildman–Crippen LogP) is 2.79. The average Bonchev–Trinajstić information content (AvgIpc) is 2.70. The first-order valence-corrected chi connectivity index (χ1v) is 6.58. The lowest BCUT2D eigenvalue weighted by molar-refractivity contribution is 0.0985. The fourth-order valence-electron chi connectivity index (χ4n) is 1.85. The van der Waals surface area contributed by atoms with Crippen LogP contribution in [0.2, 0.25) is 0 Å². The van der Waals surface area contributed by atoms with E-state index in [1.165, 1.54) is 0 Å². The zero-order valence-electron chi connectivity index (χ0n) is 10.4. The third kappa shape index (κ3) is 2.67. The molecule has 0 spiro atoms. The molecule has 0 radical (unpaired) electrons. The largest absolute Gasteiger partial charge is 0.292 e. The third-order valence-electron chi connectivity index (χ3n) is 2.65. The molecule has 0 unspecified atom stereocenters. The number of aromatic nitrogens is 3. The second kappa shape index (κ2) is 5.44. The number of ketones is 1. The molecule has 0 aliphatic rings. The maximum absolute atomic E-state index is 12.2. The molecule has 0 N–H and O–H groups in total. The lowest BCUT2D eigenvalue weighted by Gasteiger charge is -2.04. The molecule has 0 aromatic carbocycles. The van der Waals surface area contributed by atoms with E-state index in [0.29, 0.717) is 12.1 Å². The lowest BCUT2D eigenvalue weighted by atomic mass is 10.1. The smallest absolute Gasteiger partial charge is 0.188 e. The molecule has 0 saturated carbocycles. The van der Waals surface area contributed by atoms with Gasteiger partial charge < -0.3 is 0 Å². The summed E-state index contributed by atoms with van der Waals surface area (Å²) in [4.78, 5) is 16.3. The number of Topliss-reactive ketones (excluding diaryl/α,β-unsaturated/α-hetero) is 1. The Morgan fingerprint density at radius 3 is 2.94 bits per heavy atom. The van der Waals surface area contributed by atoms with Gasteiger partial charge in [0.15, 0.2) is 5.78 Å². The van der Waals surface area contributed by atoms with Crippen LogP contribution < -0.4 is 0 Å². The Kier molecular flexibility index (Phi) is 3.91. The summed E-state index contributed by atoms with van der Waals surface area (Å²) in [5.74, 6) is -0.00271. The maximum atomic E-state index is 12.2. The van der Waals surface area contributed by atoms with Crippen molar-refractivity contribution in [3.63, 3.8) is 0 Å². The van der Waals surface area contributed by atoms with Gasteiger partial charge in [-0.25, -0.2) is 0 Å². The number of hydrogen-bond donors (Lipinski definition) is 0. The zero-order chi connectivity index (χ0) is 13.1. The van der Waals surface area contributed by atoms with Gasteiger partial charge in [-0.2, -0.15) is 5.10 Å². The first-order chi connectivity index (χ1) is 8.61. The van der Waals surface area contributed by atoms with E-state index in [1.54, 1.807) is 12.3 Å². The monoisotopic (exact) mass is 307 g/mol. The van der Waals surface area contributed by atoms with Crippen molar-refractivity contribution in [3.8, 4) is 0 Å². The third-order valence-corrected chi connectivity index (χ3v) is 3.29. The van der Waals surface area contributed by atoms with Gasteiger partial charge in [-0.15, -0.1) is 0 Å². The van der Waals surface area contributed by atoms with Gasteiger partial charge in [0, 0.05) is 22.9 Å². The Balaban J connectivity index is 2.24. The highest BCUT2D eigenvalue weighted by molar-refractivity contribution is 9.10. The molecule has 4 nitrogen and oxygen atoms in total. The van der Waals surface area contributed by atoms with E-state index in [-0.39, 0.29) is 5.78 Å².